The molecular weight excluding hydrogens is 661 g/mol. The van der Waals surface area contributed by atoms with E-state index in [9.17, 15) is 0 Å². The van der Waals surface area contributed by atoms with E-state index in [1.165, 1.54) is 0 Å². The summed E-state index contributed by atoms with van der Waals surface area (Å²) >= 11 is 0. The van der Waals surface area contributed by atoms with Crippen LogP contribution in [0.2, 0.25) is 0 Å². The molecule has 54 heavy (non-hydrogen) atoms. The molecule has 258 valence electrons. The summed E-state index contributed by atoms with van der Waals surface area (Å²) in [5.41, 5.74) is 11.3. The van der Waals surface area contributed by atoms with Gasteiger partial charge in [-0.25, -0.2) is 24.9 Å². The minimum atomic E-state index is -0.310. The van der Waals surface area contributed by atoms with E-state index in [0.29, 0.717) is 23.3 Å². The molecule has 6 aromatic carbocycles. The highest BCUT2D eigenvalue weighted by molar-refractivity contribution is 6.14. The number of hydrogen-bond acceptors (Lipinski definition) is 6. The first-order chi connectivity index (χ1) is 26.7. The van der Waals surface area contributed by atoms with Gasteiger partial charge in [-0.15, -0.1) is 0 Å². The molecule has 8 rings (SSSR count). The molecule has 0 spiro atoms. The predicted molar refractivity (Wildman–Crippen MR) is 222 cm³/mol. The Labute approximate surface area is 315 Å². The number of nitrogens with zero attached hydrogens (tertiary/aromatic N) is 5. The number of rotatable bonds is 10. The fourth-order valence-electron chi connectivity index (χ4n) is 6.58. The summed E-state index contributed by atoms with van der Waals surface area (Å²) in [6, 6.07) is 54.1. The second-order valence-corrected chi connectivity index (χ2v) is 12.7. The van der Waals surface area contributed by atoms with Crippen molar-refractivity contribution >= 4 is 11.7 Å². The second kappa shape index (κ2) is 15.5. The van der Waals surface area contributed by atoms with E-state index in [0.717, 1.165) is 61.2 Å². The molecule has 0 radical (unpaired) electrons. The lowest BCUT2D eigenvalue weighted by molar-refractivity contribution is 0.674. The van der Waals surface area contributed by atoms with Crippen LogP contribution in [-0.2, 0) is 0 Å². The first-order valence-corrected chi connectivity index (χ1v) is 17.8. The number of nitrogens with one attached hydrogen (secondary N) is 1. The fourth-order valence-corrected chi connectivity index (χ4v) is 6.58. The number of allylic oxidation sites excluding steroid dienone is 2. The van der Waals surface area contributed by atoms with Gasteiger partial charge in [-0.1, -0.05) is 171 Å². The molecule has 0 bridgehead atoms. The maximum atomic E-state index is 5.08. The van der Waals surface area contributed by atoms with Gasteiger partial charge in [0.1, 0.15) is 18.3 Å². The fraction of sp³-hybridized carbons (Fsp3) is 0.0208. The third-order valence-corrected chi connectivity index (χ3v) is 9.24. The molecule has 1 aliphatic rings. The topological polar surface area (TPSA) is 75.4 Å². The summed E-state index contributed by atoms with van der Waals surface area (Å²) in [7, 11) is 0. The zero-order chi connectivity index (χ0) is 36.7. The molecule has 6 nitrogen and oxygen atoms in total. The standard InChI is InChI=1S/C48H36N6/c1-3-16-33(4-2)46-52-47(35-19-9-6-10-20-35)54-48(53-46)41-26-15-24-39(31-41)43-28-12-11-27-42(43)38-23-13-21-36(29-38)37-22-14-25-40(30-37)45-50-32-49-44(51-45)34-17-7-5-8-18-34/h3-32,47H,1-2H2,(H,52,53,54)/b33-16+. The maximum Gasteiger partial charge on any atom is 0.163 e. The van der Waals surface area contributed by atoms with Gasteiger partial charge in [-0.3, -0.25) is 0 Å². The zero-order valence-corrected chi connectivity index (χ0v) is 29.5. The Bertz CT molecular complexity index is 2570. The van der Waals surface area contributed by atoms with E-state index >= 15 is 0 Å². The highest BCUT2D eigenvalue weighted by Crippen LogP contribution is 2.36. The summed E-state index contributed by atoms with van der Waals surface area (Å²) < 4.78 is 0. The first-order valence-electron chi connectivity index (χ1n) is 17.8. The molecule has 0 saturated heterocycles. The van der Waals surface area contributed by atoms with Crippen molar-refractivity contribution in [2.24, 2.45) is 9.98 Å². The lowest BCUT2D eigenvalue weighted by atomic mass is 9.91. The van der Waals surface area contributed by atoms with Crippen LogP contribution in [-0.4, -0.2) is 26.6 Å². The number of benzene rings is 6. The third-order valence-electron chi connectivity index (χ3n) is 9.24. The first kappa shape index (κ1) is 33.8. The summed E-state index contributed by atoms with van der Waals surface area (Å²) in [6.45, 7) is 7.90. The molecule has 7 aromatic rings. The lowest BCUT2D eigenvalue weighted by Crippen LogP contribution is -2.33. The molecule has 0 amide bonds. The van der Waals surface area contributed by atoms with Crippen molar-refractivity contribution in [2.75, 3.05) is 0 Å². The van der Waals surface area contributed by atoms with Crippen molar-refractivity contribution in [3.05, 3.63) is 212 Å². The Kier molecular flexibility index (Phi) is 9.72. The Morgan fingerprint density at radius 3 is 1.70 bits per heavy atom. The molecule has 1 N–H and O–H groups in total. The van der Waals surface area contributed by atoms with E-state index in [4.69, 9.17) is 15.0 Å². The smallest absolute Gasteiger partial charge is 0.163 e. The van der Waals surface area contributed by atoms with Crippen LogP contribution < -0.4 is 5.32 Å². The Hall–Kier alpha value is -7.31. The van der Waals surface area contributed by atoms with Gasteiger partial charge in [0.25, 0.3) is 0 Å². The van der Waals surface area contributed by atoms with Crippen LogP contribution in [0.25, 0.3) is 56.2 Å². The van der Waals surface area contributed by atoms with Gasteiger partial charge >= 0.3 is 0 Å². The van der Waals surface area contributed by atoms with Crippen LogP contribution in [0, 0.1) is 0 Å². The number of hydrogen-bond donors (Lipinski definition) is 1. The van der Waals surface area contributed by atoms with Crippen LogP contribution in [0.1, 0.15) is 17.3 Å². The molecular formula is C48H36N6. The maximum absolute atomic E-state index is 5.08. The summed E-state index contributed by atoms with van der Waals surface area (Å²) in [5, 5.41) is 3.49. The molecule has 1 atom stereocenters. The van der Waals surface area contributed by atoms with Gasteiger partial charge in [0.2, 0.25) is 0 Å². The van der Waals surface area contributed by atoms with Crippen molar-refractivity contribution in [2.45, 2.75) is 6.17 Å². The van der Waals surface area contributed by atoms with Crippen molar-refractivity contribution in [3.63, 3.8) is 0 Å². The van der Waals surface area contributed by atoms with E-state index in [1.807, 2.05) is 66.7 Å². The lowest BCUT2D eigenvalue weighted by Gasteiger charge is -2.24. The second-order valence-electron chi connectivity index (χ2n) is 12.7. The summed E-state index contributed by atoms with van der Waals surface area (Å²) in [6.07, 6.45) is 6.69. The number of aromatic nitrogens is 3. The normalized spacial score (nSPS) is 14.0. The third kappa shape index (κ3) is 7.22. The highest BCUT2D eigenvalue weighted by atomic mass is 15.2. The van der Waals surface area contributed by atoms with Gasteiger partial charge < -0.3 is 5.32 Å². The average molecular weight is 697 g/mol. The average Bonchev–Trinajstić information content (AvgIpc) is 3.26. The van der Waals surface area contributed by atoms with Crippen molar-refractivity contribution in [1.29, 1.82) is 0 Å². The van der Waals surface area contributed by atoms with Gasteiger partial charge in [-0.05, 0) is 57.1 Å². The Morgan fingerprint density at radius 1 is 0.537 bits per heavy atom. The van der Waals surface area contributed by atoms with Crippen LogP contribution in [0.3, 0.4) is 0 Å². The number of aliphatic imine (C=N–C) groups is 2. The van der Waals surface area contributed by atoms with E-state index in [-0.39, 0.29) is 6.17 Å². The van der Waals surface area contributed by atoms with Crippen molar-refractivity contribution < 1.29 is 0 Å². The SMILES string of the molecule is C=C/C=C(\C=C)C1=NC(c2cccc(-c3ccccc3-c3cccc(-c4cccc(-c5ncnc(-c6ccccc6)n5)c4)c3)c2)=NC(c2ccccc2)N1. The predicted octanol–water partition coefficient (Wildman–Crippen LogP) is 11.0. The molecule has 1 aromatic heterocycles. The molecule has 1 aliphatic heterocycles. The van der Waals surface area contributed by atoms with Gasteiger partial charge in [0, 0.05) is 22.3 Å². The Balaban J connectivity index is 1.14. The minimum Gasteiger partial charge on any atom is -0.344 e. The van der Waals surface area contributed by atoms with Gasteiger partial charge in [0.15, 0.2) is 17.5 Å². The monoisotopic (exact) mass is 696 g/mol. The van der Waals surface area contributed by atoms with Gasteiger partial charge in [0.05, 0.1) is 0 Å². The molecule has 1 unspecified atom stereocenters. The quantitative estimate of drug-likeness (QED) is 0.144. The van der Waals surface area contributed by atoms with Crippen LogP contribution in [0.5, 0.6) is 0 Å². The molecule has 0 fully saturated rings. The molecule has 0 aliphatic carbocycles. The number of amidine groups is 2. The summed E-state index contributed by atoms with van der Waals surface area (Å²) in [5.74, 6) is 2.62. The van der Waals surface area contributed by atoms with Gasteiger partial charge in [-0.2, -0.15) is 0 Å². The highest BCUT2D eigenvalue weighted by Gasteiger charge is 2.21. The van der Waals surface area contributed by atoms with Crippen molar-refractivity contribution in [1.82, 2.24) is 20.3 Å². The Morgan fingerprint density at radius 2 is 1.06 bits per heavy atom. The molecule has 6 heteroatoms. The van der Waals surface area contributed by atoms with E-state index in [2.05, 4.69) is 126 Å². The van der Waals surface area contributed by atoms with E-state index in [1.54, 1.807) is 18.5 Å². The largest absolute Gasteiger partial charge is 0.344 e. The zero-order valence-electron chi connectivity index (χ0n) is 29.5. The van der Waals surface area contributed by atoms with Crippen LogP contribution >= 0.6 is 0 Å². The van der Waals surface area contributed by atoms with E-state index < -0.39 is 0 Å². The summed E-state index contributed by atoms with van der Waals surface area (Å²) in [4.78, 5) is 23.8. The van der Waals surface area contributed by atoms with Crippen molar-refractivity contribution in [3.8, 4) is 56.2 Å². The van der Waals surface area contributed by atoms with Crippen LogP contribution in [0.4, 0.5) is 0 Å². The van der Waals surface area contributed by atoms with Crippen LogP contribution in [0.15, 0.2) is 211 Å². The molecule has 0 saturated carbocycles. The minimum absolute atomic E-state index is 0.310. The molecule has 2 heterocycles.